The Hall–Kier alpha value is -1.37. The lowest BCUT2D eigenvalue weighted by molar-refractivity contribution is -0.114. The Balaban J connectivity index is -0.000000212. The molecule has 0 saturated heterocycles. The van der Waals surface area contributed by atoms with Gasteiger partial charge in [-0.2, -0.15) is 0 Å². The zero-order valence-corrected chi connectivity index (χ0v) is 15.9. The van der Waals surface area contributed by atoms with Gasteiger partial charge in [0.25, 0.3) is 0 Å². The average Bonchev–Trinajstić information content (AvgIpc) is 2.53. The van der Waals surface area contributed by atoms with Crippen molar-refractivity contribution >= 4 is 5.78 Å². The Morgan fingerprint density at radius 1 is 1.05 bits per heavy atom. The molecule has 0 heterocycles. The molecule has 0 amide bonds. The van der Waals surface area contributed by atoms with Crippen molar-refractivity contribution in [3.63, 3.8) is 0 Å². The Morgan fingerprint density at radius 2 is 1.52 bits per heavy atom. The summed E-state index contributed by atoms with van der Waals surface area (Å²) >= 11 is 0. The fraction of sp³-hybridized carbons (Fsp3) is 0.550. The first-order valence-electron chi connectivity index (χ1n) is 8.29. The van der Waals surface area contributed by atoms with E-state index >= 15 is 0 Å². The Bertz CT molecular complexity index is 304. The highest BCUT2D eigenvalue weighted by Crippen LogP contribution is 2.15. The molecule has 0 bridgehead atoms. The van der Waals surface area contributed by atoms with Crippen LogP contribution in [0.2, 0.25) is 0 Å². The second kappa shape index (κ2) is 27.1. The normalized spacial score (nSPS) is 10.3. The molecule has 1 heteroatoms. The number of hydrogen-bond acceptors (Lipinski definition) is 1. The molecule has 0 N–H and O–H groups in total. The maximum atomic E-state index is 11.4. The van der Waals surface area contributed by atoms with Crippen molar-refractivity contribution in [2.45, 2.75) is 75.2 Å². The van der Waals surface area contributed by atoms with Crippen molar-refractivity contribution in [1.29, 1.82) is 0 Å². The smallest absolute Gasteiger partial charge is 0.159 e. The van der Waals surface area contributed by atoms with Crippen LogP contribution in [-0.2, 0) is 4.79 Å². The summed E-state index contributed by atoms with van der Waals surface area (Å²) in [5.74, 6) is 0.134. The molecule has 0 aromatic carbocycles. The number of carbonyl (C=O) groups is 1. The second-order valence-corrected chi connectivity index (χ2v) is 3.37. The summed E-state index contributed by atoms with van der Waals surface area (Å²) in [5, 5.41) is 0. The van der Waals surface area contributed by atoms with Crippen molar-refractivity contribution in [3.05, 3.63) is 48.1 Å². The van der Waals surface area contributed by atoms with Gasteiger partial charge in [0.2, 0.25) is 0 Å². The molecule has 0 aliphatic rings. The summed E-state index contributed by atoms with van der Waals surface area (Å²) in [7, 11) is 0. The molecule has 1 nitrogen and oxygen atoms in total. The molecule has 0 spiro atoms. The van der Waals surface area contributed by atoms with Crippen LogP contribution in [-0.4, -0.2) is 5.78 Å². The Labute approximate surface area is 134 Å². The maximum absolute atomic E-state index is 11.4. The highest BCUT2D eigenvalue weighted by Gasteiger charge is 2.03. The highest BCUT2D eigenvalue weighted by molar-refractivity contribution is 5.92. The van der Waals surface area contributed by atoms with E-state index < -0.39 is 0 Å². The third kappa shape index (κ3) is 21.1. The second-order valence-electron chi connectivity index (χ2n) is 3.37. The fourth-order valence-corrected chi connectivity index (χ4v) is 1.34. The van der Waals surface area contributed by atoms with Gasteiger partial charge in [0.15, 0.2) is 5.78 Å². The van der Waals surface area contributed by atoms with Gasteiger partial charge in [-0.1, -0.05) is 84.9 Å². The van der Waals surface area contributed by atoms with E-state index in [0.717, 1.165) is 17.6 Å². The summed E-state index contributed by atoms with van der Waals surface area (Å²) in [6.45, 7) is 21.6. The van der Waals surface area contributed by atoms with Crippen molar-refractivity contribution in [3.8, 4) is 0 Å². The first-order valence-corrected chi connectivity index (χ1v) is 8.29. The zero-order valence-electron chi connectivity index (χ0n) is 15.9. The molecule has 0 aliphatic carbocycles. The van der Waals surface area contributed by atoms with Gasteiger partial charge in [-0.25, -0.2) is 0 Å². The topological polar surface area (TPSA) is 17.1 Å². The SMILES string of the molecule is C=C/C=C(CC(=O)/C=C\C)\C(C)=C/CC.CC.CC.CC. The van der Waals surface area contributed by atoms with Gasteiger partial charge in [0.1, 0.15) is 0 Å². The Morgan fingerprint density at radius 3 is 1.86 bits per heavy atom. The van der Waals surface area contributed by atoms with E-state index in [1.165, 1.54) is 0 Å². The van der Waals surface area contributed by atoms with Crippen molar-refractivity contribution < 1.29 is 4.79 Å². The van der Waals surface area contributed by atoms with Gasteiger partial charge in [-0.05, 0) is 31.9 Å². The van der Waals surface area contributed by atoms with E-state index in [1.54, 1.807) is 18.2 Å². The third-order valence-corrected chi connectivity index (χ3v) is 2.05. The molecule has 0 aromatic heterocycles. The van der Waals surface area contributed by atoms with Crippen LogP contribution >= 0.6 is 0 Å². The van der Waals surface area contributed by atoms with Crippen LogP contribution in [0.25, 0.3) is 0 Å². The van der Waals surface area contributed by atoms with Crippen LogP contribution in [0.1, 0.15) is 75.2 Å². The minimum atomic E-state index is 0.134. The number of ketones is 1. The number of carbonyl (C=O) groups excluding carboxylic acids is 1. The molecule has 0 saturated carbocycles. The van der Waals surface area contributed by atoms with E-state index in [0.29, 0.717) is 6.42 Å². The summed E-state index contributed by atoms with van der Waals surface area (Å²) in [5.41, 5.74) is 2.21. The van der Waals surface area contributed by atoms with Gasteiger partial charge in [-0.3, -0.25) is 4.79 Å². The molecule has 0 fully saturated rings. The van der Waals surface area contributed by atoms with E-state index in [9.17, 15) is 4.79 Å². The van der Waals surface area contributed by atoms with Crippen LogP contribution in [0.15, 0.2) is 48.1 Å². The van der Waals surface area contributed by atoms with Crippen LogP contribution in [0.3, 0.4) is 0 Å². The van der Waals surface area contributed by atoms with Crippen molar-refractivity contribution in [2.24, 2.45) is 0 Å². The van der Waals surface area contributed by atoms with Gasteiger partial charge in [0.05, 0.1) is 0 Å². The number of hydrogen-bond donors (Lipinski definition) is 0. The summed E-state index contributed by atoms with van der Waals surface area (Å²) in [4.78, 5) is 11.4. The molecule has 0 aromatic rings. The standard InChI is InChI=1S/C14H20O.3C2H6/c1-5-8-12(4)13(9-6-2)11-14(15)10-7-3;3*1-2/h6-10H,2,5,11H2,1,3-4H3;3*1-2H3/b10-7-,12-8-,13-9-;;;. The Kier molecular flexibility index (Phi) is 35.9. The molecular weight excluding hydrogens is 256 g/mol. The summed E-state index contributed by atoms with van der Waals surface area (Å²) in [6.07, 6.45) is 10.6. The van der Waals surface area contributed by atoms with Gasteiger partial charge >= 0.3 is 0 Å². The van der Waals surface area contributed by atoms with Crippen LogP contribution in [0.5, 0.6) is 0 Å². The van der Waals surface area contributed by atoms with Crippen LogP contribution < -0.4 is 0 Å². The number of rotatable bonds is 6. The lowest BCUT2D eigenvalue weighted by atomic mass is 10.0. The van der Waals surface area contributed by atoms with Crippen molar-refractivity contribution in [1.82, 2.24) is 0 Å². The molecular formula is C20H38O. The van der Waals surface area contributed by atoms with E-state index in [1.807, 2.05) is 61.5 Å². The van der Waals surface area contributed by atoms with E-state index in [4.69, 9.17) is 0 Å². The molecule has 21 heavy (non-hydrogen) atoms. The predicted molar refractivity (Wildman–Crippen MR) is 101 cm³/mol. The molecule has 0 radical (unpaired) electrons. The average molecular weight is 295 g/mol. The minimum absolute atomic E-state index is 0.134. The monoisotopic (exact) mass is 294 g/mol. The van der Waals surface area contributed by atoms with Crippen molar-refractivity contribution in [2.75, 3.05) is 0 Å². The summed E-state index contributed by atoms with van der Waals surface area (Å²) in [6, 6.07) is 0. The highest BCUT2D eigenvalue weighted by atomic mass is 16.1. The number of allylic oxidation sites excluding steroid dienone is 7. The largest absolute Gasteiger partial charge is 0.294 e. The maximum Gasteiger partial charge on any atom is 0.159 e. The first-order chi connectivity index (χ1) is 10.2. The fourth-order valence-electron chi connectivity index (χ4n) is 1.34. The molecule has 0 unspecified atom stereocenters. The predicted octanol–water partition coefficient (Wildman–Crippen LogP) is 7.07. The first kappa shape index (κ1) is 27.9. The lowest BCUT2D eigenvalue weighted by Gasteiger charge is -2.05. The molecule has 0 atom stereocenters. The molecule has 124 valence electrons. The van der Waals surface area contributed by atoms with E-state index in [-0.39, 0.29) is 5.78 Å². The quantitative estimate of drug-likeness (QED) is 0.378. The van der Waals surface area contributed by atoms with Gasteiger partial charge in [0, 0.05) is 6.42 Å². The lowest BCUT2D eigenvalue weighted by Crippen LogP contribution is -1.97. The van der Waals surface area contributed by atoms with Crippen LogP contribution in [0, 0.1) is 0 Å². The van der Waals surface area contributed by atoms with Crippen LogP contribution in [0.4, 0.5) is 0 Å². The van der Waals surface area contributed by atoms with Gasteiger partial charge < -0.3 is 0 Å². The summed E-state index contributed by atoms with van der Waals surface area (Å²) < 4.78 is 0. The zero-order chi connectivity index (χ0) is 17.7. The minimum Gasteiger partial charge on any atom is -0.294 e. The molecule has 0 rings (SSSR count). The molecule has 0 aliphatic heterocycles. The van der Waals surface area contributed by atoms with E-state index in [2.05, 4.69) is 19.6 Å². The third-order valence-electron chi connectivity index (χ3n) is 2.05. The van der Waals surface area contributed by atoms with Gasteiger partial charge in [-0.15, -0.1) is 0 Å².